The van der Waals surface area contributed by atoms with E-state index in [0.717, 1.165) is 27.8 Å². The van der Waals surface area contributed by atoms with Crippen LogP contribution in [0.15, 0.2) is 53.6 Å². The van der Waals surface area contributed by atoms with Crippen molar-refractivity contribution in [1.29, 1.82) is 0 Å². The van der Waals surface area contributed by atoms with Crippen molar-refractivity contribution in [3.63, 3.8) is 0 Å². The average molecular weight is 377 g/mol. The number of hydrogen-bond donors (Lipinski definition) is 1. The van der Waals surface area contributed by atoms with Gasteiger partial charge in [-0.2, -0.15) is 5.10 Å². The Morgan fingerprint density at radius 2 is 1.85 bits per heavy atom. The Balaban J connectivity index is 2.12. The summed E-state index contributed by atoms with van der Waals surface area (Å²) in [6, 6.07) is 12.6. The molecule has 0 aliphatic carbocycles. The molecule has 2 aromatic rings. The first-order valence-electron chi connectivity index (χ1n) is 7.80. The SMILES string of the molecule is C/C(=N/NC(=O)CN(c1cccc(F)c1)S(C)(=O)=O)c1ccc(C)cc1. The molecule has 26 heavy (non-hydrogen) atoms. The van der Waals surface area contributed by atoms with Crippen LogP contribution in [0.25, 0.3) is 0 Å². The Hall–Kier alpha value is -2.74. The number of nitrogens with one attached hydrogen (secondary N) is 1. The third kappa shape index (κ3) is 5.38. The minimum atomic E-state index is -3.77. The predicted molar refractivity (Wildman–Crippen MR) is 100 cm³/mol. The minimum absolute atomic E-state index is 0.0712. The average Bonchev–Trinajstić information content (AvgIpc) is 2.57. The van der Waals surface area contributed by atoms with Crippen molar-refractivity contribution in [2.24, 2.45) is 5.10 Å². The first-order valence-corrected chi connectivity index (χ1v) is 9.65. The number of halogens is 1. The molecule has 0 aliphatic rings. The number of rotatable bonds is 6. The van der Waals surface area contributed by atoms with E-state index in [1.54, 1.807) is 6.92 Å². The zero-order valence-corrected chi connectivity index (χ0v) is 15.5. The monoisotopic (exact) mass is 377 g/mol. The number of hydrogen-bond acceptors (Lipinski definition) is 4. The van der Waals surface area contributed by atoms with Crippen molar-refractivity contribution < 1.29 is 17.6 Å². The van der Waals surface area contributed by atoms with Gasteiger partial charge in [0.2, 0.25) is 10.0 Å². The number of hydrazone groups is 1. The highest BCUT2D eigenvalue weighted by atomic mass is 32.2. The van der Waals surface area contributed by atoms with Crippen LogP contribution < -0.4 is 9.73 Å². The summed E-state index contributed by atoms with van der Waals surface area (Å²) in [4.78, 5) is 12.1. The zero-order valence-electron chi connectivity index (χ0n) is 14.7. The molecule has 2 rings (SSSR count). The first-order chi connectivity index (χ1) is 12.2. The summed E-state index contributed by atoms with van der Waals surface area (Å²) < 4.78 is 38.1. The fourth-order valence-corrected chi connectivity index (χ4v) is 3.05. The maximum absolute atomic E-state index is 13.4. The van der Waals surface area contributed by atoms with Crippen molar-refractivity contribution in [2.45, 2.75) is 13.8 Å². The molecule has 1 amide bonds. The van der Waals surface area contributed by atoms with Gasteiger partial charge in [-0.3, -0.25) is 9.10 Å². The predicted octanol–water partition coefficient (Wildman–Crippen LogP) is 2.44. The lowest BCUT2D eigenvalue weighted by Crippen LogP contribution is -2.39. The Morgan fingerprint density at radius 3 is 2.42 bits per heavy atom. The number of amides is 1. The molecule has 0 bridgehead atoms. The Kier molecular flexibility index (Phi) is 6.10. The van der Waals surface area contributed by atoms with Gasteiger partial charge in [0.1, 0.15) is 12.4 Å². The quantitative estimate of drug-likeness (QED) is 0.620. The van der Waals surface area contributed by atoms with E-state index in [-0.39, 0.29) is 5.69 Å². The summed E-state index contributed by atoms with van der Waals surface area (Å²) in [5, 5.41) is 3.99. The summed E-state index contributed by atoms with van der Waals surface area (Å²) >= 11 is 0. The van der Waals surface area contributed by atoms with E-state index in [4.69, 9.17) is 0 Å². The van der Waals surface area contributed by atoms with E-state index in [1.807, 2.05) is 31.2 Å². The molecule has 0 fully saturated rings. The van der Waals surface area contributed by atoms with Crippen LogP contribution in [0.4, 0.5) is 10.1 Å². The maximum atomic E-state index is 13.4. The van der Waals surface area contributed by atoms with E-state index >= 15 is 0 Å². The van der Waals surface area contributed by atoms with Crippen LogP contribution in [0.3, 0.4) is 0 Å². The largest absolute Gasteiger partial charge is 0.271 e. The second kappa shape index (κ2) is 8.09. The Bertz CT molecular complexity index is 925. The van der Waals surface area contributed by atoms with Crippen LogP contribution >= 0.6 is 0 Å². The molecule has 8 heteroatoms. The summed E-state index contributed by atoms with van der Waals surface area (Å²) in [6.45, 7) is 3.18. The molecule has 0 atom stereocenters. The van der Waals surface area contributed by atoms with Gasteiger partial charge in [-0.05, 0) is 37.6 Å². The highest BCUT2D eigenvalue weighted by Gasteiger charge is 2.21. The molecule has 0 heterocycles. The lowest BCUT2D eigenvalue weighted by atomic mass is 10.1. The number of sulfonamides is 1. The first kappa shape index (κ1) is 19.6. The molecule has 6 nitrogen and oxygen atoms in total. The number of benzene rings is 2. The van der Waals surface area contributed by atoms with Gasteiger partial charge < -0.3 is 0 Å². The topological polar surface area (TPSA) is 78.8 Å². The molecule has 2 aromatic carbocycles. The second-order valence-electron chi connectivity index (χ2n) is 5.85. The van der Waals surface area contributed by atoms with Gasteiger partial charge in [-0.15, -0.1) is 0 Å². The van der Waals surface area contributed by atoms with Crippen LogP contribution in [-0.4, -0.2) is 32.8 Å². The summed E-state index contributed by atoms with van der Waals surface area (Å²) in [5.74, 6) is -1.23. The van der Waals surface area contributed by atoms with E-state index in [1.165, 1.54) is 18.2 Å². The van der Waals surface area contributed by atoms with Gasteiger partial charge in [0.15, 0.2) is 0 Å². The molecule has 0 unspecified atom stereocenters. The summed E-state index contributed by atoms with van der Waals surface area (Å²) in [6.07, 6.45) is 0.950. The van der Waals surface area contributed by atoms with Gasteiger partial charge in [0.25, 0.3) is 5.91 Å². The van der Waals surface area contributed by atoms with Crippen LogP contribution in [0.2, 0.25) is 0 Å². The Morgan fingerprint density at radius 1 is 1.19 bits per heavy atom. The maximum Gasteiger partial charge on any atom is 0.260 e. The second-order valence-corrected chi connectivity index (χ2v) is 7.75. The molecular weight excluding hydrogens is 357 g/mol. The number of nitrogens with zero attached hydrogens (tertiary/aromatic N) is 2. The molecule has 1 N–H and O–H groups in total. The molecule has 0 aliphatic heterocycles. The van der Waals surface area contributed by atoms with Gasteiger partial charge in [0, 0.05) is 0 Å². The van der Waals surface area contributed by atoms with E-state index < -0.39 is 28.3 Å². The summed E-state index contributed by atoms with van der Waals surface area (Å²) in [7, 11) is -3.77. The zero-order chi connectivity index (χ0) is 19.3. The van der Waals surface area contributed by atoms with Crippen molar-refractivity contribution in [1.82, 2.24) is 5.43 Å². The van der Waals surface area contributed by atoms with Crippen LogP contribution in [-0.2, 0) is 14.8 Å². The van der Waals surface area contributed by atoms with Crippen molar-refractivity contribution in [3.8, 4) is 0 Å². The van der Waals surface area contributed by atoms with Gasteiger partial charge >= 0.3 is 0 Å². The molecule has 0 spiro atoms. The number of carbonyl (C=O) groups is 1. The molecule has 138 valence electrons. The molecule has 0 aromatic heterocycles. The van der Waals surface area contributed by atoms with Gasteiger partial charge in [-0.1, -0.05) is 35.9 Å². The minimum Gasteiger partial charge on any atom is -0.271 e. The van der Waals surface area contributed by atoms with Crippen LogP contribution in [0, 0.1) is 12.7 Å². The highest BCUT2D eigenvalue weighted by molar-refractivity contribution is 7.92. The van der Waals surface area contributed by atoms with Crippen molar-refractivity contribution in [3.05, 3.63) is 65.5 Å². The fourth-order valence-electron chi connectivity index (χ4n) is 2.20. The van der Waals surface area contributed by atoms with Gasteiger partial charge in [0.05, 0.1) is 17.7 Å². The highest BCUT2D eigenvalue weighted by Crippen LogP contribution is 2.18. The Labute approximate surface area is 152 Å². The van der Waals surface area contributed by atoms with Crippen LogP contribution in [0.1, 0.15) is 18.1 Å². The van der Waals surface area contributed by atoms with Crippen molar-refractivity contribution in [2.75, 3.05) is 17.1 Å². The third-order valence-corrected chi connectivity index (χ3v) is 4.74. The molecule has 0 saturated carbocycles. The molecule has 0 saturated heterocycles. The van der Waals surface area contributed by atoms with Crippen LogP contribution in [0.5, 0.6) is 0 Å². The lowest BCUT2D eigenvalue weighted by Gasteiger charge is -2.21. The van der Waals surface area contributed by atoms with E-state index in [2.05, 4.69) is 10.5 Å². The molecule has 0 radical (unpaired) electrons. The normalized spacial score (nSPS) is 11.9. The number of carbonyl (C=O) groups excluding carboxylic acids is 1. The van der Waals surface area contributed by atoms with E-state index in [0.29, 0.717) is 5.71 Å². The molecular formula is C18H20FN3O3S. The smallest absolute Gasteiger partial charge is 0.260 e. The van der Waals surface area contributed by atoms with Crippen molar-refractivity contribution >= 4 is 27.3 Å². The van der Waals surface area contributed by atoms with Gasteiger partial charge in [-0.25, -0.2) is 18.2 Å². The lowest BCUT2D eigenvalue weighted by molar-refractivity contribution is -0.119. The number of aryl methyl sites for hydroxylation is 1. The standard InChI is InChI=1S/C18H20FN3O3S/c1-13-7-9-15(10-8-13)14(2)20-21-18(23)12-22(26(3,24)25)17-6-4-5-16(19)11-17/h4-11H,12H2,1-3H3,(H,21,23)/b20-14-. The fraction of sp³-hybridized carbons (Fsp3) is 0.222. The number of anilines is 1. The summed E-state index contributed by atoms with van der Waals surface area (Å²) in [5.41, 5.74) is 4.92. The van der Waals surface area contributed by atoms with E-state index in [9.17, 15) is 17.6 Å². The third-order valence-electron chi connectivity index (χ3n) is 3.60.